The Kier molecular flexibility index (Phi) is 4.51. The minimum Gasteiger partial charge on any atom is -0.309 e. The molecule has 2 fully saturated rings. The summed E-state index contributed by atoms with van der Waals surface area (Å²) in [4.78, 5) is 13.5. The summed E-state index contributed by atoms with van der Waals surface area (Å²) in [5, 5.41) is 10.1. The molecular weight excluding hydrogens is 433 g/mol. The van der Waals surface area contributed by atoms with Gasteiger partial charge in [-0.15, -0.1) is 5.10 Å². The Bertz CT molecular complexity index is 1250. The quantitative estimate of drug-likeness (QED) is 0.571. The van der Waals surface area contributed by atoms with Gasteiger partial charge in [-0.05, 0) is 43.9 Å². The maximum absolute atomic E-state index is 15.6. The van der Waals surface area contributed by atoms with E-state index in [9.17, 15) is 4.21 Å². The van der Waals surface area contributed by atoms with Crippen LogP contribution in [0.2, 0.25) is 0 Å². The van der Waals surface area contributed by atoms with Crippen molar-refractivity contribution in [1.29, 1.82) is 0 Å². The van der Waals surface area contributed by atoms with E-state index in [1.807, 2.05) is 15.6 Å². The van der Waals surface area contributed by atoms with Crippen molar-refractivity contribution in [1.82, 2.24) is 19.5 Å². The molecule has 1 spiro atoms. The molecule has 4 heterocycles. The molecule has 2 aliphatic carbocycles. The van der Waals surface area contributed by atoms with Gasteiger partial charge in [-0.3, -0.25) is 4.57 Å². The van der Waals surface area contributed by atoms with Gasteiger partial charge in [0.25, 0.3) is 0 Å². The van der Waals surface area contributed by atoms with Gasteiger partial charge in [-0.1, -0.05) is 19.3 Å². The minimum absolute atomic E-state index is 0.210. The minimum atomic E-state index is -2.09. The molecule has 0 amide bonds. The van der Waals surface area contributed by atoms with E-state index in [1.165, 1.54) is 12.3 Å². The fourth-order valence-electron chi connectivity index (χ4n) is 4.78. The van der Waals surface area contributed by atoms with Gasteiger partial charge in [-0.2, -0.15) is 9.37 Å². The van der Waals surface area contributed by atoms with E-state index in [1.54, 1.807) is 12.3 Å². The summed E-state index contributed by atoms with van der Waals surface area (Å²) < 4.78 is 37.9. The second-order valence-electron chi connectivity index (χ2n) is 8.62. The molecule has 9 nitrogen and oxygen atoms in total. The Morgan fingerprint density at radius 2 is 1.97 bits per heavy atom. The molecule has 0 aromatic carbocycles. The van der Waals surface area contributed by atoms with Crippen molar-refractivity contribution in [2.75, 3.05) is 10.3 Å². The van der Waals surface area contributed by atoms with E-state index >= 15 is 4.39 Å². The van der Waals surface area contributed by atoms with Crippen LogP contribution in [0.15, 0.2) is 40.6 Å². The van der Waals surface area contributed by atoms with Crippen molar-refractivity contribution in [2.24, 2.45) is 5.10 Å². The summed E-state index contributed by atoms with van der Waals surface area (Å²) in [6.45, 7) is 0. The molecule has 3 aromatic heterocycles. The second-order valence-corrected chi connectivity index (χ2v) is 9.59. The monoisotopic (exact) mass is 455 g/mol. The Hall–Kier alpha value is -2.92. The summed E-state index contributed by atoms with van der Waals surface area (Å²) in [6, 6.07) is 5.34. The van der Waals surface area contributed by atoms with Crippen LogP contribution < -0.4 is 10.3 Å². The van der Waals surface area contributed by atoms with Crippen LogP contribution in [0.4, 0.5) is 22.0 Å². The molecule has 166 valence electrons. The number of hydrogen-bond donors (Lipinski definition) is 2. The molecule has 1 aliphatic heterocycles. The van der Waals surface area contributed by atoms with Crippen LogP contribution in [0.25, 0.3) is 11.0 Å². The normalized spacial score (nSPS) is 20.8. The first kappa shape index (κ1) is 19.7. The van der Waals surface area contributed by atoms with Crippen molar-refractivity contribution in [3.63, 3.8) is 0 Å². The number of nitrogens with one attached hydrogen (secondary N) is 1. The summed E-state index contributed by atoms with van der Waals surface area (Å²) in [5.41, 5.74) is -0.125. The van der Waals surface area contributed by atoms with Crippen molar-refractivity contribution in [3.05, 3.63) is 30.6 Å². The fourth-order valence-corrected chi connectivity index (χ4v) is 5.11. The Morgan fingerprint density at radius 3 is 2.66 bits per heavy atom. The number of fused-ring (bicyclic) bond motifs is 4. The highest BCUT2D eigenvalue weighted by Gasteiger charge is 2.48. The third-order valence-corrected chi connectivity index (χ3v) is 7.16. The molecule has 32 heavy (non-hydrogen) atoms. The molecule has 3 aliphatic rings. The highest BCUT2D eigenvalue weighted by atomic mass is 32.2. The topological polar surface area (TPSA) is 109 Å². The number of halogens is 1. The van der Waals surface area contributed by atoms with Gasteiger partial charge in [-0.25, -0.2) is 19.2 Å². The Labute approximate surface area is 186 Å². The number of aromatic nitrogens is 4. The van der Waals surface area contributed by atoms with Crippen LogP contribution in [0.5, 0.6) is 0 Å². The zero-order valence-electron chi connectivity index (χ0n) is 17.2. The number of anilines is 3. The standard InChI is InChI=1S/C21H22FN7O2S/c22-19-21(8-2-1-3-9-21)28-17(29(27-19)14-4-5-14)10-13-11-24-20(26-18(13)28)25-16-7-6-15(12-23-16)32(30)31/h6-7,10-12,14H,1-5,8-9H2,(H,30,31)(H,23,24,25,26). The predicted octanol–water partition coefficient (Wildman–Crippen LogP) is 4.08. The summed E-state index contributed by atoms with van der Waals surface area (Å²) >= 11 is -2.09. The average molecular weight is 456 g/mol. The Balaban J connectivity index is 1.44. The largest absolute Gasteiger partial charge is 0.309 e. The van der Waals surface area contributed by atoms with E-state index in [2.05, 4.69) is 20.4 Å². The van der Waals surface area contributed by atoms with Crippen molar-refractivity contribution in [2.45, 2.75) is 61.4 Å². The lowest BCUT2D eigenvalue weighted by atomic mass is 9.81. The molecule has 2 N–H and O–H groups in total. The maximum Gasteiger partial charge on any atom is 0.234 e. The lowest BCUT2D eigenvalue weighted by Gasteiger charge is -2.42. The van der Waals surface area contributed by atoms with E-state index < -0.39 is 16.6 Å². The van der Waals surface area contributed by atoms with Crippen LogP contribution in [0.1, 0.15) is 44.9 Å². The molecule has 1 atom stereocenters. The third kappa shape index (κ3) is 3.10. The first-order chi connectivity index (χ1) is 15.5. The zero-order chi connectivity index (χ0) is 21.9. The van der Waals surface area contributed by atoms with Crippen LogP contribution in [0, 0.1) is 0 Å². The van der Waals surface area contributed by atoms with Gasteiger partial charge in [0.15, 0.2) is 11.1 Å². The molecular formula is C21H22FN7O2S. The number of hydrazone groups is 1. The zero-order valence-corrected chi connectivity index (χ0v) is 18.1. The molecule has 0 bridgehead atoms. The van der Waals surface area contributed by atoms with E-state index in [0.29, 0.717) is 30.3 Å². The van der Waals surface area contributed by atoms with Crippen molar-refractivity contribution >= 4 is 45.7 Å². The summed E-state index contributed by atoms with van der Waals surface area (Å²) in [6.07, 6.45) is 9.46. The Morgan fingerprint density at radius 1 is 1.16 bits per heavy atom. The SMILES string of the molecule is O=S(O)c1ccc(Nc2ncc3cc4n(c3n2)C2(CCCCC2)C(F)=NN4C2CC2)nc1. The van der Waals surface area contributed by atoms with Gasteiger partial charge in [0.2, 0.25) is 11.9 Å². The van der Waals surface area contributed by atoms with Crippen LogP contribution >= 0.6 is 0 Å². The van der Waals surface area contributed by atoms with Crippen LogP contribution in [0.3, 0.4) is 0 Å². The molecule has 1 unspecified atom stereocenters. The van der Waals surface area contributed by atoms with Gasteiger partial charge in [0.05, 0.1) is 10.9 Å². The predicted molar refractivity (Wildman–Crippen MR) is 119 cm³/mol. The highest BCUT2D eigenvalue weighted by Crippen LogP contribution is 2.47. The first-order valence-electron chi connectivity index (χ1n) is 10.8. The molecule has 2 saturated carbocycles. The van der Waals surface area contributed by atoms with Crippen molar-refractivity contribution < 1.29 is 13.2 Å². The lowest BCUT2D eigenvalue weighted by molar-refractivity contribution is 0.262. The van der Waals surface area contributed by atoms with Crippen molar-refractivity contribution in [3.8, 4) is 0 Å². The second kappa shape index (κ2) is 7.31. The third-order valence-electron chi connectivity index (χ3n) is 6.52. The summed E-state index contributed by atoms with van der Waals surface area (Å²) in [5.74, 6) is 1.33. The van der Waals surface area contributed by atoms with Crippen LogP contribution in [-0.2, 0) is 16.6 Å². The molecule has 11 heteroatoms. The lowest BCUT2D eigenvalue weighted by Crippen LogP contribution is -2.48. The summed E-state index contributed by atoms with van der Waals surface area (Å²) in [7, 11) is 0. The molecule has 0 radical (unpaired) electrons. The molecule has 0 saturated heterocycles. The van der Waals surface area contributed by atoms with E-state index in [0.717, 1.165) is 43.3 Å². The number of hydrogen-bond acceptors (Lipinski definition) is 7. The smallest absolute Gasteiger partial charge is 0.234 e. The maximum atomic E-state index is 15.6. The van der Waals surface area contributed by atoms with E-state index in [-0.39, 0.29) is 16.9 Å². The first-order valence-corrected chi connectivity index (χ1v) is 11.9. The van der Waals surface area contributed by atoms with E-state index in [4.69, 9.17) is 9.54 Å². The van der Waals surface area contributed by atoms with Gasteiger partial charge in [0.1, 0.15) is 22.8 Å². The van der Waals surface area contributed by atoms with Gasteiger partial charge < -0.3 is 9.87 Å². The van der Waals surface area contributed by atoms with Crippen LogP contribution in [-0.4, -0.2) is 40.3 Å². The molecule has 6 rings (SSSR count). The number of nitrogens with zero attached hydrogens (tertiary/aromatic N) is 6. The number of rotatable bonds is 4. The fraction of sp³-hybridized carbons (Fsp3) is 0.429. The van der Waals surface area contributed by atoms with Gasteiger partial charge >= 0.3 is 0 Å². The van der Waals surface area contributed by atoms with Gasteiger partial charge in [0, 0.05) is 17.8 Å². The molecule has 3 aromatic rings. The number of pyridine rings is 1. The highest BCUT2D eigenvalue weighted by molar-refractivity contribution is 7.79. The average Bonchev–Trinajstić information content (AvgIpc) is 3.57.